The molecule has 3 heteroatoms. The van der Waals surface area contributed by atoms with E-state index in [0.29, 0.717) is 6.61 Å². The molecule has 0 fully saturated rings. The van der Waals surface area contributed by atoms with Gasteiger partial charge in [-0.2, -0.15) is 0 Å². The van der Waals surface area contributed by atoms with E-state index in [4.69, 9.17) is 9.47 Å². The van der Waals surface area contributed by atoms with Gasteiger partial charge in [-0.05, 0) is 30.7 Å². The van der Waals surface area contributed by atoms with Crippen LogP contribution in [-0.2, 0) is 0 Å². The lowest BCUT2D eigenvalue weighted by molar-refractivity contribution is 0.308. The van der Waals surface area contributed by atoms with Gasteiger partial charge < -0.3 is 9.47 Å². The van der Waals surface area contributed by atoms with Crippen LogP contribution in [0.2, 0.25) is 0 Å². The molecule has 100 valence electrons. The zero-order chi connectivity index (χ0) is 13.5. The molecule has 19 heavy (non-hydrogen) atoms. The first-order valence-electron chi connectivity index (χ1n) is 6.57. The second kappa shape index (κ2) is 6.78. The summed E-state index contributed by atoms with van der Waals surface area (Å²) in [7, 11) is 1.66. The number of nitrogens with zero attached hydrogens (tertiary/aromatic N) is 1. The van der Waals surface area contributed by atoms with E-state index >= 15 is 0 Å². The minimum atomic E-state index is 0.712. The molecule has 0 aliphatic heterocycles. The van der Waals surface area contributed by atoms with Crippen molar-refractivity contribution in [2.75, 3.05) is 13.7 Å². The fourth-order valence-corrected chi connectivity index (χ4v) is 1.81. The summed E-state index contributed by atoms with van der Waals surface area (Å²) in [6.07, 6.45) is 3.94. The Morgan fingerprint density at radius 2 is 2.05 bits per heavy atom. The van der Waals surface area contributed by atoms with Crippen molar-refractivity contribution in [2.45, 2.75) is 19.8 Å². The first kappa shape index (κ1) is 13.4. The molecule has 0 atom stereocenters. The summed E-state index contributed by atoms with van der Waals surface area (Å²) in [4.78, 5) is 4.37. The van der Waals surface area contributed by atoms with Crippen LogP contribution in [0.15, 0.2) is 42.6 Å². The van der Waals surface area contributed by atoms with Crippen molar-refractivity contribution >= 4 is 0 Å². The lowest BCUT2D eigenvalue weighted by atomic mass is 10.1. The first-order chi connectivity index (χ1) is 9.35. The maximum absolute atomic E-state index is 5.85. The van der Waals surface area contributed by atoms with Gasteiger partial charge in [0.2, 0.25) is 0 Å². The number of hydrogen-bond donors (Lipinski definition) is 0. The minimum absolute atomic E-state index is 0.712. The molecule has 0 saturated carbocycles. The van der Waals surface area contributed by atoms with Gasteiger partial charge in [0.1, 0.15) is 11.5 Å². The molecule has 2 aromatic rings. The highest BCUT2D eigenvalue weighted by Crippen LogP contribution is 2.32. The highest BCUT2D eigenvalue weighted by atomic mass is 16.5. The van der Waals surface area contributed by atoms with Gasteiger partial charge in [0, 0.05) is 17.8 Å². The zero-order valence-corrected chi connectivity index (χ0v) is 11.4. The lowest BCUT2D eigenvalue weighted by Gasteiger charge is -2.12. The van der Waals surface area contributed by atoms with Crippen LogP contribution < -0.4 is 9.47 Å². The van der Waals surface area contributed by atoms with Crippen LogP contribution in [0.4, 0.5) is 0 Å². The lowest BCUT2D eigenvalue weighted by Crippen LogP contribution is -1.99. The predicted molar refractivity (Wildman–Crippen MR) is 76.6 cm³/mol. The van der Waals surface area contributed by atoms with Gasteiger partial charge >= 0.3 is 0 Å². The second-order valence-electron chi connectivity index (χ2n) is 4.28. The molecule has 0 spiro atoms. The monoisotopic (exact) mass is 257 g/mol. The Hall–Kier alpha value is -2.03. The molecule has 3 nitrogen and oxygen atoms in total. The number of aromatic nitrogens is 1. The number of rotatable bonds is 6. The second-order valence-corrected chi connectivity index (χ2v) is 4.28. The number of ether oxygens (including phenoxy) is 2. The third-order valence-electron chi connectivity index (χ3n) is 2.89. The van der Waals surface area contributed by atoms with Crippen LogP contribution in [0, 0.1) is 0 Å². The Morgan fingerprint density at radius 1 is 1.16 bits per heavy atom. The van der Waals surface area contributed by atoms with E-state index in [1.54, 1.807) is 13.3 Å². The van der Waals surface area contributed by atoms with Crippen molar-refractivity contribution in [1.82, 2.24) is 4.98 Å². The Balaban J connectivity index is 2.31. The van der Waals surface area contributed by atoms with Crippen LogP contribution in [0.1, 0.15) is 19.8 Å². The number of pyridine rings is 1. The molecule has 0 unspecified atom stereocenters. The average Bonchev–Trinajstić information content (AvgIpc) is 2.48. The number of hydrogen-bond acceptors (Lipinski definition) is 3. The average molecular weight is 257 g/mol. The smallest absolute Gasteiger partial charge is 0.132 e. The van der Waals surface area contributed by atoms with E-state index in [-0.39, 0.29) is 0 Å². The van der Waals surface area contributed by atoms with Crippen molar-refractivity contribution in [3.63, 3.8) is 0 Å². The largest absolute Gasteiger partial charge is 0.497 e. The Bertz CT molecular complexity index is 511. The fourth-order valence-electron chi connectivity index (χ4n) is 1.81. The maximum Gasteiger partial charge on any atom is 0.132 e. The molecular weight excluding hydrogens is 238 g/mol. The normalized spacial score (nSPS) is 10.2. The van der Waals surface area contributed by atoms with Gasteiger partial charge in [-0.1, -0.05) is 19.4 Å². The van der Waals surface area contributed by atoms with Gasteiger partial charge in [-0.15, -0.1) is 0 Å². The van der Waals surface area contributed by atoms with E-state index in [9.17, 15) is 0 Å². The van der Waals surface area contributed by atoms with Crippen molar-refractivity contribution in [1.29, 1.82) is 0 Å². The maximum atomic E-state index is 5.85. The van der Waals surface area contributed by atoms with E-state index in [1.807, 2.05) is 36.4 Å². The van der Waals surface area contributed by atoms with Crippen molar-refractivity contribution in [3.05, 3.63) is 42.6 Å². The molecule has 1 aromatic heterocycles. The summed E-state index contributed by atoms with van der Waals surface area (Å²) in [5.41, 5.74) is 1.91. The third-order valence-corrected chi connectivity index (χ3v) is 2.89. The van der Waals surface area contributed by atoms with Crippen LogP contribution >= 0.6 is 0 Å². The molecular formula is C16H19NO2. The van der Waals surface area contributed by atoms with Crippen LogP contribution in [0.3, 0.4) is 0 Å². The van der Waals surface area contributed by atoms with Crippen LogP contribution in [0.25, 0.3) is 11.3 Å². The van der Waals surface area contributed by atoms with Crippen molar-refractivity contribution in [3.8, 4) is 22.8 Å². The molecule has 0 aliphatic carbocycles. The molecule has 0 bridgehead atoms. The predicted octanol–water partition coefficient (Wildman–Crippen LogP) is 3.94. The van der Waals surface area contributed by atoms with E-state index in [1.165, 1.54) is 0 Å². The molecule has 0 aliphatic rings. The quantitative estimate of drug-likeness (QED) is 0.735. The SMILES string of the molecule is CCCCOc1cc(OC)ccc1-c1ccccn1. The van der Waals surface area contributed by atoms with E-state index in [0.717, 1.165) is 35.6 Å². The molecule has 1 aromatic carbocycles. The zero-order valence-electron chi connectivity index (χ0n) is 11.4. The number of unbranched alkanes of at least 4 members (excludes halogenated alkanes) is 1. The molecule has 0 amide bonds. The molecule has 0 saturated heterocycles. The topological polar surface area (TPSA) is 31.4 Å². The summed E-state index contributed by atoms with van der Waals surface area (Å²) in [6, 6.07) is 11.7. The van der Waals surface area contributed by atoms with Gasteiger partial charge in [0.25, 0.3) is 0 Å². The Labute approximate surface area is 114 Å². The van der Waals surface area contributed by atoms with Crippen LogP contribution in [0.5, 0.6) is 11.5 Å². The summed E-state index contributed by atoms with van der Waals surface area (Å²) in [5.74, 6) is 1.62. The summed E-state index contributed by atoms with van der Waals surface area (Å²) < 4.78 is 11.1. The summed E-state index contributed by atoms with van der Waals surface area (Å²) >= 11 is 0. The first-order valence-corrected chi connectivity index (χ1v) is 6.57. The minimum Gasteiger partial charge on any atom is -0.497 e. The summed E-state index contributed by atoms with van der Waals surface area (Å²) in [6.45, 7) is 2.86. The highest BCUT2D eigenvalue weighted by molar-refractivity contribution is 5.68. The third kappa shape index (κ3) is 3.47. The molecule has 0 radical (unpaired) electrons. The van der Waals surface area contributed by atoms with Crippen molar-refractivity contribution in [2.24, 2.45) is 0 Å². The highest BCUT2D eigenvalue weighted by Gasteiger charge is 2.09. The van der Waals surface area contributed by atoms with Crippen molar-refractivity contribution < 1.29 is 9.47 Å². The number of methoxy groups -OCH3 is 1. The Morgan fingerprint density at radius 3 is 2.74 bits per heavy atom. The van der Waals surface area contributed by atoms with E-state index < -0.39 is 0 Å². The molecule has 2 rings (SSSR count). The van der Waals surface area contributed by atoms with Gasteiger partial charge in [-0.3, -0.25) is 4.98 Å². The summed E-state index contributed by atoms with van der Waals surface area (Å²) in [5, 5.41) is 0. The Kier molecular flexibility index (Phi) is 4.78. The van der Waals surface area contributed by atoms with Gasteiger partial charge in [-0.25, -0.2) is 0 Å². The standard InChI is InChI=1S/C16H19NO2/c1-3-4-11-19-16-12-13(18-2)8-9-14(16)15-7-5-6-10-17-15/h5-10,12H,3-4,11H2,1-2H3. The molecule has 1 heterocycles. The van der Waals surface area contributed by atoms with Gasteiger partial charge in [0.05, 0.1) is 19.4 Å². The fraction of sp³-hybridized carbons (Fsp3) is 0.312. The van der Waals surface area contributed by atoms with Gasteiger partial charge in [0.15, 0.2) is 0 Å². The van der Waals surface area contributed by atoms with Crippen LogP contribution in [-0.4, -0.2) is 18.7 Å². The van der Waals surface area contributed by atoms with E-state index in [2.05, 4.69) is 11.9 Å². The number of benzene rings is 1. The molecule has 0 N–H and O–H groups in total.